The first-order chi connectivity index (χ1) is 2.89. The summed E-state index contributed by atoms with van der Waals surface area (Å²) >= 11 is 1.57. The molecule has 0 aliphatic rings. The highest BCUT2D eigenvalue weighted by Gasteiger charge is 1.76. The maximum absolute atomic E-state index is 3.82. The fourth-order valence-electron chi connectivity index (χ4n) is 0.238. The van der Waals surface area contributed by atoms with E-state index in [2.05, 4.69) is 11.9 Å². The molecule has 0 fully saturated rings. The lowest BCUT2D eigenvalue weighted by Gasteiger charge is -1.64. The Morgan fingerprint density at radius 1 is 1.83 bits per heavy atom. The Kier molecular flexibility index (Phi) is 0.881. The number of thiazole rings is 1. The van der Waals surface area contributed by atoms with Gasteiger partial charge < -0.3 is 0 Å². The van der Waals surface area contributed by atoms with Crippen LogP contribution in [0.15, 0.2) is 10.9 Å². The molecule has 0 aromatic carbocycles. The first-order valence-electron chi connectivity index (χ1n) is 1.60. The fraction of sp³-hybridized carbons (Fsp3) is 0. The molecule has 31 valence electrons. The molecule has 1 rings (SSSR count). The smallest absolute Gasteiger partial charge is 0.0794 e. The summed E-state index contributed by atoms with van der Waals surface area (Å²) in [5.41, 5.74) is 2.63. The molecule has 1 radical (unpaired) electrons. The van der Waals surface area contributed by atoms with Crippen LogP contribution in [-0.4, -0.2) is 4.98 Å². The van der Waals surface area contributed by atoms with Crippen molar-refractivity contribution in [3.8, 4) is 0 Å². The van der Waals surface area contributed by atoms with Crippen molar-refractivity contribution in [1.82, 2.24) is 4.98 Å². The molecule has 0 N–H and O–H groups in total. The van der Waals surface area contributed by atoms with E-state index in [0.717, 1.165) is 5.69 Å². The van der Waals surface area contributed by atoms with Crippen LogP contribution in [0.4, 0.5) is 0 Å². The molecular formula is C4H4NS. The molecule has 0 saturated carbocycles. The lowest BCUT2D eigenvalue weighted by Crippen LogP contribution is -1.59. The monoisotopic (exact) mass is 98.0 g/mol. The van der Waals surface area contributed by atoms with Crippen molar-refractivity contribution in [2.45, 2.75) is 0 Å². The Labute approximate surface area is 40.7 Å². The summed E-state index contributed by atoms with van der Waals surface area (Å²) in [5, 5.41) is 1.90. The normalized spacial score (nSPS) is 8.83. The molecular weight excluding hydrogens is 94.1 g/mol. The van der Waals surface area contributed by atoms with Crippen LogP contribution < -0.4 is 0 Å². The molecule has 6 heavy (non-hydrogen) atoms. The molecule has 0 atom stereocenters. The number of nitrogens with zero attached hydrogens (tertiary/aromatic N) is 1. The van der Waals surface area contributed by atoms with E-state index in [1.807, 2.05) is 5.38 Å². The van der Waals surface area contributed by atoms with Crippen LogP contribution in [0, 0.1) is 6.92 Å². The summed E-state index contributed by atoms with van der Waals surface area (Å²) in [7, 11) is 0. The highest BCUT2D eigenvalue weighted by atomic mass is 32.1. The molecule has 0 saturated heterocycles. The van der Waals surface area contributed by atoms with Crippen molar-refractivity contribution in [2.24, 2.45) is 0 Å². The molecule has 1 aromatic rings. The van der Waals surface area contributed by atoms with Crippen LogP contribution in [0.2, 0.25) is 0 Å². The Bertz CT molecular complexity index is 111. The van der Waals surface area contributed by atoms with Crippen LogP contribution in [-0.2, 0) is 0 Å². The molecule has 0 aliphatic heterocycles. The molecule has 1 heterocycles. The van der Waals surface area contributed by atoms with Gasteiger partial charge in [-0.05, 0) is 6.92 Å². The standard InChI is InChI=1S/C4H4NS/c1-4-2-6-3-5-4/h2-3H,1H2. The van der Waals surface area contributed by atoms with E-state index in [4.69, 9.17) is 0 Å². The molecule has 1 nitrogen and oxygen atoms in total. The van der Waals surface area contributed by atoms with E-state index in [1.165, 1.54) is 0 Å². The average Bonchev–Trinajstić information content (AvgIpc) is 1.86. The highest BCUT2D eigenvalue weighted by molar-refractivity contribution is 7.07. The molecule has 0 aliphatic carbocycles. The van der Waals surface area contributed by atoms with Crippen LogP contribution in [0.3, 0.4) is 0 Å². The second-order valence-corrected chi connectivity index (χ2v) is 1.70. The quantitative estimate of drug-likeness (QED) is 0.477. The topological polar surface area (TPSA) is 12.9 Å². The Morgan fingerprint density at radius 2 is 2.67 bits per heavy atom. The van der Waals surface area contributed by atoms with Gasteiger partial charge in [0.2, 0.25) is 0 Å². The lowest BCUT2D eigenvalue weighted by atomic mass is 10.6. The van der Waals surface area contributed by atoms with Gasteiger partial charge in [0.1, 0.15) is 0 Å². The predicted octanol–water partition coefficient (Wildman–Crippen LogP) is 1.33. The van der Waals surface area contributed by atoms with Gasteiger partial charge in [0, 0.05) is 5.38 Å². The number of hydrogen-bond donors (Lipinski definition) is 0. The second kappa shape index (κ2) is 1.39. The van der Waals surface area contributed by atoms with E-state index in [-0.39, 0.29) is 0 Å². The predicted molar refractivity (Wildman–Crippen MR) is 26.6 cm³/mol. The molecule has 0 unspecified atom stereocenters. The fourth-order valence-corrected chi connectivity index (χ4v) is 0.713. The third kappa shape index (κ3) is 0.571. The van der Waals surface area contributed by atoms with Gasteiger partial charge in [-0.1, -0.05) is 0 Å². The third-order valence-corrected chi connectivity index (χ3v) is 1.12. The zero-order valence-corrected chi connectivity index (χ0v) is 4.03. The van der Waals surface area contributed by atoms with Crippen LogP contribution in [0.25, 0.3) is 0 Å². The molecule has 0 spiro atoms. The van der Waals surface area contributed by atoms with Crippen molar-refractivity contribution in [1.29, 1.82) is 0 Å². The maximum atomic E-state index is 3.82. The van der Waals surface area contributed by atoms with Gasteiger partial charge in [0.25, 0.3) is 0 Å². The van der Waals surface area contributed by atoms with Crippen molar-refractivity contribution >= 4 is 11.3 Å². The van der Waals surface area contributed by atoms with Crippen molar-refractivity contribution < 1.29 is 0 Å². The van der Waals surface area contributed by atoms with E-state index in [0.29, 0.717) is 0 Å². The summed E-state index contributed by atoms with van der Waals surface area (Å²) in [6.45, 7) is 3.58. The van der Waals surface area contributed by atoms with E-state index in [9.17, 15) is 0 Å². The van der Waals surface area contributed by atoms with Gasteiger partial charge in [0.05, 0.1) is 11.2 Å². The van der Waals surface area contributed by atoms with Crippen molar-refractivity contribution in [2.75, 3.05) is 0 Å². The SMILES string of the molecule is [CH2]c1cscn1. The Morgan fingerprint density at radius 3 is 2.83 bits per heavy atom. The van der Waals surface area contributed by atoms with Crippen LogP contribution in [0.1, 0.15) is 5.69 Å². The van der Waals surface area contributed by atoms with E-state index < -0.39 is 0 Å². The maximum Gasteiger partial charge on any atom is 0.0794 e. The summed E-state index contributed by atoms with van der Waals surface area (Å²) in [6.07, 6.45) is 0. The molecule has 2 heteroatoms. The van der Waals surface area contributed by atoms with Crippen LogP contribution >= 0.6 is 11.3 Å². The zero-order chi connectivity index (χ0) is 4.41. The second-order valence-electron chi connectivity index (χ2n) is 0.980. The van der Waals surface area contributed by atoms with E-state index >= 15 is 0 Å². The average molecular weight is 98.1 g/mol. The van der Waals surface area contributed by atoms with Gasteiger partial charge in [-0.3, -0.25) is 0 Å². The molecule has 0 amide bonds. The van der Waals surface area contributed by atoms with E-state index in [1.54, 1.807) is 16.8 Å². The summed E-state index contributed by atoms with van der Waals surface area (Å²) in [4.78, 5) is 3.82. The Hall–Kier alpha value is -0.370. The largest absolute Gasteiger partial charge is 0.250 e. The highest BCUT2D eigenvalue weighted by Crippen LogP contribution is 1.95. The first kappa shape index (κ1) is 3.81. The minimum absolute atomic E-state index is 0.861. The van der Waals surface area contributed by atoms with Gasteiger partial charge in [-0.2, -0.15) is 0 Å². The van der Waals surface area contributed by atoms with Crippen molar-refractivity contribution in [3.05, 3.63) is 23.5 Å². The summed E-state index contributed by atoms with van der Waals surface area (Å²) in [6, 6.07) is 0. The van der Waals surface area contributed by atoms with Gasteiger partial charge in [-0.15, -0.1) is 11.3 Å². The number of rotatable bonds is 0. The van der Waals surface area contributed by atoms with Gasteiger partial charge in [-0.25, -0.2) is 4.98 Å². The number of aromatic nitrogens is 1. The molecule has 1 aromatic heterocycles. The van der Waals surface area contributed by atoms with Gasteiger partial charge in [0.15, 0.2) is 0 Å². The van der Waals surface area contributed by atoms with Crippen LogP contribution in [0.5, 0.6) is 0 Å². The molecule has 0 bridgehead atoms. The lowest BCUT2D eigenvalue weighted by molar-refractivity contribution is 1.35. The summed E-state index contributed by atoms with van der Waals surface area (Å²) < 4.78 is 0. The minimum Gasteiger partial charge on any atom is -0.250 e. The van der Waals surface area contributed by atoms with Crippen molar-refractivity contribution in [3.63, 3.8) is 0 Å². The zero-order valence-electron chi connectivity index (χ0n) is 3.22. The minimum atomic E-state index is 0.861. The first-order valence-corrected chi connectivity index (χ1v) is 2.54. The third-order valence-electron chi connectivity index (χ3n) is 0.483. The van der Waals surface area contributed by atoms with Gasteiger partial charge >= 0.3 is 0 Å². The Balaban J connectivity index is 3.05. The number of hydrogen-bond acceptors (Lipinski definition) is 2. The summed E-state index contributed by atoms with van der Waals surface area (Å²) in [5.74, 6) is 0.